The molecule has 2 aromatic rings. The lowest BCUT2D eigenvalue weighted by Gasteiger charge is -2.11. The predicted octanol–water partition coefficient (Wildman–Crippen LogP) is 4.26. The first-order chi connectivity index (χ1) is 9.97. The van der Waals surface area contributed by atoms with Crippen LogP contribution < -0.4 is 10.6 Å². The molecule has 0 bridgehead atoms. The van der Waals surface area contributed by atoms with Crippen LogP contribution in [0.4, 0.5) is 10.1 Å². The molecular formula is C14H9Cl2FN2OS. The second-order valence-corrected chi connectivity index (χ2v) is 5.26. The molecule has 7 heteroatoms. The van der Waals surface area contributed by atoms with Gasteiger partial charge in [0.2, 0.25) is 0 Å². The van der Waals surface area contributed by atoms with Gasteiger partial charge in [-0.3, -0.25) is 10.1 Å². The standard InChI is InChI=1S/C14H9Cl2FN2OS/c15-8-5-6-9(10(16)7-8)13(20)19-14(21)18-12-4-2-1-3-11(12)17/h1-7H,(H2,18,19,20,21). The number of hydrogen-bond donors (Lipinski definition) is 2. The molecule has 2 N–H and O–H groups in total. The summed E-state index contributed by atoms with van der Waals surface area (Å²) in [7, 11) is 0. The summed E-state index contributed by atoms with van der Waals surface area (Å²) >= 11 is 16.6. The van der Waals surface area contributed by atoms with Gasteiger partial charge in [0.15, 0.2) is 5.11 Å². The Kier molecular flexibility index (Phi) is 5.12. The first-order valence-corrected chi connectivity index (χ1v) is 6.95. The maximum Gasteiger partial charge on any atom is 0.258 e. The van der Waals surface area contributed by atoms with Crippen LogP contribution in [0, 0.1) is 5.82 Å². The zero-order valence-electron chi connectivity index (χ0n) is 10.5. The van der Waals surface area contributed by atoms with Crippen LogP contribution >= 0.6 is 35.4 Å². The largest absolute Gasteiger partial charge is 0.330 e. The van der Waals surface area contributed by atoms with E-state index in [0.29, 0.717) is 5.02 Å². The molecular weight excluding hydrogens is 334 g/mol. The van der Waals surface area contributed by atoms with E-state index in [4.69, 9.17) is 35.4 Å². The van der Waals surface area contributed by atoms with Crippen molar-refractivity contribution in [1.29, 1.82) is 0 Å². The highest BCUT2D eigenvalue weighted by Crippen LogP contribution is 2.21. The van der Waals surface area contributed by atoms with Crippen molar-refractivity contribution in [2.24, 2.45) is 0 Å². The van der Waals surface area contributed by atoms with Crippen molar-refractivity contribution in [3.63, 3.8) is 0 Å². The number of carbonyl (C=O) groups is 1. The van der Waals surface area contributed by atoms with Crippen LogP contribution in [0.2, 0.25) is 10.0 Å². The molecule has 0 saturated carbocycles. The van der Waals surface area contributed by atoms with Crippen molar-refractivity contribution in [3.05, 3.63) is 63.9 Å². The van der Waals surface area contributed by atoms with Crippen molar-refractivity contribution in [1.82, 2.24) is 5.32 Å². The normalized spacial score (nSPS) is 10.0. The van der Waals surface area contributed by atoms with Crippen molar-refractivity contribution in [3.8, 4) is 0 Å². The van der Waals surface area contributed by atoms with Crippen LogP contribution in [0.25, 0.3) is 0 Å². The monoisotopic (exact) mass is 342 g/mol. The molecule has 0 atom stereocenters. The number of halogens is 3. The van der Waals surface area contributed by atoms with Gasteiger partial charge in [-0.25, -0.2) is 4.39 Å². The first-order valence-electron chi connectivity index (χ1n) is 5.79. The zero-order valence-corrected chi connectivity index (χ0v) is 12.8. The molecule has 0 aromatic heterocycles. The summed E-state index contributed by atoms with van der Waals surface area (Å²) in [5.41, 5.74) is 0.392. The fraction of sp³-hybridized carbons (Fsp3) is 0. The molecule has 2 rings (SSSR count). The van der Waals surface area contributed by atoms with E-state index >= 15 is 0 Å². The highest BCUT2D eigenvalue weighted by molar-refractivity contribution is 7.80. The Bertz CT molecular complexity index is 709. The number of hydrogen-bond acceptors (Lipinski definition) is 2. The lowest BCUT2D eigenvalue weighted by atomic mass is 10.2. The Morgan fingerprint density at radius 2 is 1.86 bits per heavy atom. The summed E-state index contributed by atoms with van der Waals surface area (Å²) in [4.78, 5) is 12.0. The third-order valence-electron chi connectivity index (χ3n) is 2.52. The van der Waals surface area contributed by atoms with E-state index in [1.807, 2.05) is 0 Å². The minimum atomic E-state index is -0.509. The molecule has 0 aliphatic carbocycles. The Hall–Kier alpha value is -1.69. The second kappa shape index (κ2) is 6.85. The second-order valence-electron chi connectivity index (χ2n) is 4.01. The van der Waals surface area contributed by atoms with Crippen molar-refractivity contribution < 1.29 is 9.18 Å². The number of amides is 1. The Morgan fingerprint density at radius 1 is 1.14 bits per heavy atom. The van der Waals surface area contributed by atoms with Gasteiger partial charge in [0.25, 0.3) is 5.91 Å². The molecule has 0 fully saturated rings. The summed E-state index contributed by atoms with van der Waals surface area (Å²) in [6.45, 7) is 0. The number of nitrogens with one attached hydrogen (secondary N) is 2. The molecule has 21 heavy (non-hydrogen) atoms. The minimum Gasteiger partial charge on any atom is -0.330 e. The first kappa shape index (κ1) is 15.7. The molecule has 0 aliphatic rings. The highest BCUT2D eigenvalue weighted by Gasteiger charge is 2.13. The fourth-order valence-corrected chi connectivity index (χ4v) is 2.26. The SMILES string of the molecule is O=C(NC(=S)Nc1ccccc1F)c1ccc(Cl)cc1Cl. The number of anilines is 1. The van der Waals surface area contributed by atoms with Gasteiger partial charge in [-0.05, 0) is 42.5 Å². The summed E-state index contributed by atoms with van der Waals surface area (Å²) in [5, 5.41) is 5.61. The van der Waals surface area contributed by atoms with Crippen molar-refractivity contribution in [2.75, 3.05) is 5.32 Å². The number of para-hydroxylation sites is 1. The third kappa shape index (κ3) is 4.14. The van der Waals surface area contributed by atoms with Gasteiger partial charge in [0.1, 0.15) is 5.82 Å². The van der Waals surface area contributed by atoms with Crippen LogP contribution in [-0.2, 0) is 0 Å². The maximum absolute atomic E-state index is 13.4. The van der Waals surface area contributed by atoms with Gasteiger partial charge in [-0.1, -0.05) is 35.3 Å². The predicted molar refractivity (Wildman–Crippen MR) is 86.5 cm³/mol. The fourth-order valence-electron chi connectivity index (χ4n) is 1.56. The lowest BCUT2D eigenvalue weighted by molar-refractivity contribution is 0.0978. The molecule has 0 spiro atoms. The number of carbonyl (C=O) groups excluding carboxylic acids is 1. The summed E-state index contributed by atoms with van der Waals surface area (Å²) in [6.07, 6.45) is 0. The number of benzene rings is 2. The molecule has 0 unspecified atom stereocenters. The number of rotatable bonds is 2. The molecule has 3 nitrogen and oxygen atoms in total. The van der Waals surface area contributed by atoms with E-state index in [2.05, 4.69) is 10.6 Å². The molecule has 0 saturated heterocycles. The van der Waals surface area contributed by atoms with E-state index < -0.39 is 11.7 Å². The van der Waals surface area contributed by atoms with Gasteiger partial charge in [-0.15, -0.1) is 0 Å². The Balaban J connectivity index is 2.06. The molecule has 0 heterocycles. The van der Waals surface area contributed by atoms with Gasteiger partial charge >= 0.3 is 0 Å². The minimum absolute atomic E-state index is 0.0314. The van der Waals surface area contributed by atoms with Gasteiger partial charge in [0, 0.05) is 5.02 Å². The van der Waals surface area contributed by atoms with Crippen LogP contribution in [-0.4, -0.2) is 11.0 Å². The molecule has 0 aliphatic heterocycles. The maximum atomic E-state index is 13.4. The van der Waals surface area contributed by atoms with E-state index in [9.17, 15) is 9.18 Å². The molecule has 0 radical (unpaired) electrons. The van der Waals surface area contributed by atoms with E-state index in [0.717, 1.165) is 0 Å². The molecule has 1 amide bonds. The highest BCUT2D eigenvalue weighted by atomic mass is 35.5. The lowest BCUT2D eigenvalue weighted by Crippen LogP contribution is -2.34. The van der Waals surface area contributed by atoms with Crippen LogP contribution in [0.5, 0.6) is 0 Å². The summed E-state index contributed by atoms with van der Waals surface area (Å²) in [5.74, 6) is -0.982. The third-order valence-corrected chi connectivity index (χ3v) is 3.28. The van der Waals surface area contributed by atoms with Crippen LogP contribution in [0.3, 0.4) is 0 Å². The topological polar surface area (TPSA) is 41.1 Å². The quantitative estimate of drug-likeness (QED) is 0.801. The van der Waals surface area contributed by atoms with Gasteiger partial charge in [-0.2, -0.15) is 0 Å². The number of thiocarbonyl (C=S) groups is 1. The van der Waals surface area contributed by atoms with Crippen LogP contribution in [0.15, 0.2) is 42.5 Å². The average molecular weight is 343 g/mol. The van der Waals surface area contributed by atoms with Crippen LogP contribution in [0.1, 0.15) is 10.4 Å². The smallest absolute Gasteiger partial charge is 0.258 e. The van der Waals surface area contributed by atoms with Gasteiger partial charge in [0.05, 0.1) is 16.3 Å². The Morgan fingerprint density at radius 3 is 2.52 bits per heavy atom. The summed E-state index contributed by atoms with van der Waals surface area (Å²) in [6, 6.07) is 10.4. The zero-order chi connectivity index (χ0) is 15.4. The van der Waals surface area contributed by atoms with E-state index in [1.165, 1.54) is 30.3 Å². The molecule has 2 aromatic carbocycles. The Labute approximate surface area is 136 Å². The summed E-state index contributed by atoms with van der Waals surface area (Å²) < 4.78 is 13.4. The van der Waals surface area contributed by atoms with E-state index in [-0.39, 0.29) is 21.4 Å². The average Bonchev–Trinajstić information content (AvgIpc) is 2.41. The van der Waals surface area contributed by atoms with Gasteiger partial charge < -0.3 is 5.32 Å². The van der Waals surface area contributed by atoms with Crippen molar-refractivity contribution >= 4 is 52.1 Å². The molecule has 108 valence electrons. The van der Waals surface area contributed by atoms with Crippen molar-refractivity contribution in [2.45, 2.75) is 0 Å². The van der Waals surface area contributed by atoms with E-state index in [1.54, 1.807) is 12.1 Å².